The van der Waals surface area contributed by atoms with Gasteiger partial charge in [0.25, 0.3) is 0 Å². The van der Waals surface area contributed by atoms with Gasteiger partial charge in [-0.15, -0.1) is 0 Å². The highest BCUT2D eigenvalue weighted by Gasteiger charge is 2.05. The van der Waals surface area contributed by atoms with E-state index in [0.29, 0.717) is 4.77 Å². The van der Waals surface area contributed by atoms with Gasteiger partial charge in [-0.05, 0) is 46.9 Å². The van der Waals surface area contributed by atoms with E-state index < -0.39 is 0 Å². The summed E-state index contributed by atoms with van der Waals surface area (Å²) in [6.07, 6.45) is 0. The maximum absolute atomic E-state index is 6.03. The number of aromatic amines is 1. The Labute approximate surface area is 111 Å². The smallest absolute Gasteiger partial charge is 0.216 e. The summed E-state index contributed by atoms with van der Waals surface area (Å²) in [5.74, 6) is 0.737. The fourth-order valence-electron chi connectivity index (χ4n) is 1.17. The molecule has 1 N–H and O–H groups in total. The van der Waals surface area contributed by atoms with Crippen molar-refractivity contribution in [3.05, 3.63) is 31.6 Å². The normalized spacial score (nSPS) is 10.6. The number of aromatic nitrogens is 3. The summed E-state index contributed by atoms with van der Waals surface area (Å²) in [5.41, 5.74) is 0.937. The fraction of sp³-hybridized carbons (Fsp3) is 0.111. The zero-order chi connectivity index (χ0) is 11.0. The van der Waals surface area contributed by atoms with Crippen molar-refractivity contribution in [1.29, 1.82) is 0 Å². The molecule has 0 unspecified atom stereocenters. The first kappa shape index (κ1) is 11.1. The van der Waals surface area contributed by atoms with Crippen molar-refractivity contribution in [3.63, 3.8) is 0 Å². The minimum absolute atomic E-state index is 0.527. The molecule has 2 rings (SSSR count). The molecule has 3 nitrogen and oxygen atoms in total. The molecule has 0 saturated heterocycles. The monoisotopic (exact) mass is 351 g/mol. The number of halogens is 2. The van der Waals surface area contributed by atoms with Crippen molar-refractivity contribution >= 4 is 46.4 Å². The predicted octanol–water partition coefficient (Wildman–Crippen LogP) is 3.40. The van der Waals surface area contributed by atoms with Crippen LogP contribution < -0.4 is 0 Å². The van der Waals surface area contributed by atoms with Crippen molar-refractivity contribution in [2.45, 2.75) is 0 Å². The first-order chi connectivity index (χ1) is 7.08. The summed E-state index contributed by atoms with van der Waals surface area (Å²) in [5, 5.41) is 3.77. The summed E-state index contributed by atoms with van der Waals surface area (Å²) in [6, 6.07) is 5.78. The third-order valence-corrected chi connectivity index (χ3v) is 3.90. The molecule has 0 atom stereocenters. The van der Waals surface area contributed by atoms with Crippen LogP contribution >= 0.6 is 46.4 Å². The van der Waals surface area contributed by atoms with Crippen molar-refractivity contribution in [3.8, 4) is 11.4 Å². The van der Waals surface area contributed by atoms with E-state index in [1.165, 1.54) is 0 Å². The second kappa shape index (κ2) is 4.23. The van der Waals surface area contributed by atoms with Gasteiger partial charge in [-0.1, -0.05) is 17.7 Å². The van der Waals surface area contributed by atoms with Crippen LogP contribution in [0.25, 0.3) is 11.4 Å². The quantitative estimate of drug-likeness (QED) is 0.631. The number of nitrogens with one attached hydrogen (secondary N) is 1. The predicted molar refractivity (Wildman–Crippen MR) is 71.6 cm³/mol. The zero-order valence-electron chi connectivity index (χ0n) is 7.79. The van der Waals surface area contributed by atoms with E-state index >= 15 is 0 Å². The van der Waals surface area contributed by atoms with E-state index in [4.69, 9.17) is 23.8 Å². The summed E-state index contributed by atoms with van der Waals surface area (Å²) in [7, 11) is 1.83. The Kier molecular flexibility index (Phi) is 3.13. The van der Waals surface area contributed by atoms with Gasteiger partial charge in [0.1, 0.15) is 0 Å². The molecule has 78 valence electrons. The summed E-state index contributed by atoms with van der Waals surface area (Å²) < 4.78 is 3.24. The number of rotatable bonds is 1. The first-order valence-corrected chi connectivity index (χ1v) is 6.03. The van der Waals surface area contributed by atoms with E-state index in [1.807, 2.05) is 25.2 Å². The highest BCUT2D eigenvalue weighted by molar-refractivity contribution is 14.1. The van der Waals surface area contributed by atoms with Gasteiger partial charge in [-0.2, -0.15) is 4.98 Å². The van der Waals surface area contributed by atoms with Crippen LogP contribution in [0.5, 0.6) is 0 Å². The highest BCUT2D eigenvalue weighted by Crippen LogP contribution is 2.24. The van der Waals surface area contributed by atoms with Crippen molar-refractivity contribution in [1.82, 2.24) is 14.8 Å². The number of benzene rings is 1. The van der Waals surface area contributed by atoms with Gasteiger partial charge in [-0.3, -0.25) is 9.78 Å². The number of aryl methyl sites for hydroxylation is 1. The van der Waals surface area contributed by atoms with Crippen molar-refractivity contribution in [2.75, 3.05) is 0 Å². The van der Waals surface area contributed by atoms with Gasteiger partial charge in [0.15, 0.2) is 5.82 Å². The second-order valence-electron chi connectivity index (χ2n) is 3.04. The summed E-state index contributed by atoms with van der Waals surface area (Å²) in [6.45, 7) is 0. The second-order valence-corrected chi connectivity index (χ2v) is 4.98. The maximum Gasteiger partial charge on any atom is 0.216 e. The molecule has 0 aliphatic carbocycles. The van der Waals surface area contributed by atoms with Crippen molar-refractivity contribution < 1.29 is 0 Å². The standard InChI is InChI=1S/C9H7ClIN3S/c1-14-9(15)12-8(13-14)5-2-3-7(11)6(10)4-5/h2-4H,1H3,(H,12,13,15). The van der Waals surface area contributed by atoms with Crippen LogP contribution in [-0.2, 0) is 7.05 Å². The van der Waals surface area contributed by atoms with Gasteiger partial charge in [0.2, 0.25) is 4.77 Å². The molecule has 0 aliphatic heterocycles. The maximum atomic E-state index is 6.03. The van der Waals surface area contributed by atoms with Gasteiger partial charge >= 0.3 is 0 Å². The zero-order valence-corrected chi connectivity index (χ0v) is 11.5. The third-order valence-electron chi connectivity index (χ3n) is 1.96. The van der Waals surface area contributed by atoms with Crippen molar-refractivity contribution in [2.24, 2.45) is 7.05 Å². The molecular weight excluding hydrogens is 345 g/mol. The third kappa shape index (κ3) is 2.24. The van der Waals surface area contributed by atoms with Gasteiger partial charge in [0, 0.05) is 16.2 Å². The topological polar surface area (TPSA) is 33.6 Å². The summed E-state index contributed by atoms with van der Waals surface area (Å²) >= 11 is 13.2. The molecule has 1 aromatic carbocycles. The largest absolute Gasteiger partial charge is 0.279 e. The number of nitrogens with zero attached hydrogens (tertiary/aromatic N) is 2. The number of hydrogen-bond donors (Lipinski definition) is 1. The lowest BCUT2D eigenvalue weighted by atomic mass is 10.2. The average Bonchev–Trinajstić information content (AvgIpc) is 2.52. The molecule has 6 heteroatoms. The first-order valence-electron chi connectivity index (χ1n) is 4.16. The molecule has 15 heavy (non-hydrogen) atoms. The Hall–Kier alpha value is -0.400. The minimum Gasteiger partial charge on any atom is -0.279 e. The van der Waals surface area contributed by atoms with Crippen LogP contribution in [0, 0.1) is 8.34 Å². The van der Waals surface area contributed by atoms with Gasteiger partial charge in [-0.25, -0.2) is 0 Å². The van der Waals surface area contributed by atoms with Gasteiger partial charge < -0.3 is 0 Å². The SMILES string of the molecule is Cn1[nH]c(-c2ccc(I)c(Cl)c2)nc1=S. The van der Waals surface area contributed by atoms with Crippen LogP contribution in [0.2, 0.25) is 5.02 Å². The lowest BCUT2D eigenvalue weighted by Crippen LogP contribution is -1.89. The Balaban J connectivity index is 2.54. The molecule has 2 aromatic rings. The molecule has 0 fully saturated rings. The lowest BCUT2D eigenvalue weighted by Gasteiger charge is -1.99. The molecule has 1 aromatic heterocycles. The minimum atomic E-state index is 0.527. The van der Waals surface area contributed by atoms with E-state index in [9.17, 15) is 0 Å². The Morgan fingerprint density at radius 1 is 1.53 bits per heavy atom. The molecule has 0 bridgehead atoms. The molecule has 1 heterocycles. The van der Waals surface area contributed by atoms with E-state index in [1.54, 1.807) is 4.68 Å². The molecule has 0 amide bonds. The molecular formula is C9H7ClIN3S. The average molecular weight is 352 g/mol. The van der Waals surface area contributed by atoms with Crippen LogP contribution in [0.4, 0.5) is 0 Å². The molecule has 0 aliphatic rings. The van der Waals surface area contributed by atoms with E-state index in [-0.39, 0.29) is 0 Å². The molecule has 0 saturated carbocycles. The van der Waals surface area contributed by atoms with E-state index in [2.05, 4.69) is 32.7 Å². The lowest BCUT2D eigenvalue weighted by molar-refractivity contribution is 0.756. The molecule has 0 radical (unpaired) electrons. The van der Waals surface area contributed by atoms with Crippen LogP contribution in [-0.4, -0.2) is 14.8 Å². The summed E-state index contributed by atoms with van der Waals surface area (Å²) in [4.78, 5) is 4.21. The molecule has 0 spiro atoms. The Morgan fingerprint density at radius 2 is 2.27 bits per heavy atom. The van der Waals surface area contributed by atoms with Gasteiger partial charge in [0.05, 0.1) is 5.02 Å². The highest BCUT2D eigenvalue weighted by atomic mass is 127. The Bertz CT molecular complexity index is 561. The fourth-order valence-corrected chi connectivity index (χ4v) is 1.83. The number of hydrogen-bond acceptors (Lipinski definition) is 2. The van der Waals surface area contributed by atoms with Crippen LogP contribution in [0.15, 0.2) is 18.2 Å². The van der Waals surface area contributed by atoms with E-state index in [0.717, 1.165) is 20.0 Å². The Morgan fingerprint density at radius 3 is 2.80 bits per heavy atom. The van der Waals surface area contributed by atoms with Crippen LogP contribution in [0.3, 0.4) is 0 Å². The van der Waals surface area contributed by atoms with Crippen LogP contribution in [0.1, 0.15) is 0 Å². The number of H-pyrrole nitrogens is 1.